The van der Waals surface area contributed by atoms with E-state index in [0.29, 0.717) is 26.2 Å². The van der Waals surface area contributed by atoms with E-state index in [4.69, 9.17) is 10.5 Å². The van der Waals surface area contributed by atoms with Crippen LogP contribution in [0.1, 0.15) is 35.7 Å². The van der Waals surface area contributed by atoms with Gasteiger partial charge in [0.05, 0.1) is 17.4 Å². The standard InChI is InChI=1S/C19H21FN4O4/c20-14-15-12(16(25)13(18(26)27)7-24(15)11-1-2-11)5-22-17(14)23-6-10-3-4-28-19(10,8-21)9-23/h5,7,10-11H,1-4,6,8-9,21H2,(H,26,27). The van der Waals surface area contributed by atoms with Crippen molar-refractivity contribution in [2.45, 2.75) is 30.9 Å². The van der Waals surface area contributed by atoms with Crippen LogP contribution in [0.4, 0.5) is 10.2 Å². The van der Waals surface area contributed by atoms with Crippen molar-refractivity contribution in [2.75, 3.05) is 31.1 Å². The smallest absolute Gasteiger partial charge is 0.341 e. The van der Waals surface area contributed by atoms with E-state index in [1.165, 1.54) is 12.4 Å². The third-order valence-corrected chi connectivity index (χ3v) is 6.31. The Bertz CT molecular complexity index is 1050. The first-order valence-electron chi connectivity index (χ1n) is 9.51. The van der Waals surface area contributed by atoms with Crippen LogP contribution < -0.4 is 16.1 Å². The van der Waals surface area contributed by atoms with E-state index in [9.17, 15) is 14.7 Å². The van der Waals surface area contributed by atoms with Crippen LogP contribution >= 0.6 is 0 Å². The van der Waals surface area contributed by atoms with Crippen molar-refractivity contribution in [2.24, 2.45) is 11.7 Å². The molecule has 0 aromatic carbocycles. The van der Waals surface area contributed by atoms with Crippen LogP contribution in [0, 0.1) is 11.7 Å². The predicted octanol–water partition coefficient (Wildman–Crippen LogP) is 1.12. The molecule has 4 heterocycles. The highest BCUT2D eigenvalue weighted by atomic mass is 19.1. The predicted molar refractivity (Wildman–Crippen MR) is 99.2 cm³/mol. The summed E-state index contributed by atoms with van der Waals surface area (Å²) < 4.78 is 23.1. The van der Waals surface area contributed by atoms with Crippen LogP contribution in [-0.4, -0.2) is 52.5 Å². The minimum atomic E-state index is -1.32. The van der Waals surface area contributed by atoms with E-state index >= 15 is 4.39 Å². The number of nitrogens with two attached hydrogens (primary N) is 1. The first-order chi connectivity index (χ1) is 13.4. The zero-order valence-electron chi connectivity index (χ0n) is 15.2. The lowest BCUT2D eigenvalue weighted by Crippen LogP contribution is -2.44. The van der Waals surface area contributed by atoms with E-state index < -0.39 is 22.8 Å². The molecule has 3 aliphatic rings. The Kier molecular flexibility index (Phi) is 3.76. The zero-order chi connectivity index (χ0) is 19.6. The molecular formula is C19H21FN4O4. The van der Waals surface area contributed by atoms with Crippen molar-refractivity contribution >= 4 is 22.7 Å². The number of hydrogen-bond donors (Lipinski definition) is 2. The Morgan fingerprint density at radius 3 is 2.86 bits per heavy atom. The van der Waals surface area contributed by atoms with Gasteiger partial charge in [0.2, 0.25) is 5.43 Å². The lowest BCUT2D eigenvalue weighted by atomic mass is 9.91. The molecule has 2 atom stereocenters. The quantitative estimate of drug-likeness (QED) is 0.807. The molecule has 2 saturated heterocycles. The van der Waals surface area contributed by atoms with Crippen molar-refractivity contribution < 1.29 is 19.0 Å². The summed E-state index contributed by atoms with van der Waals surface area (Å²) in [5, 5.41) is 9.33. The summed E-state index contributed by atoms with van der Waals surface area (Å²) in [6, 6.07) is 0.00243. The summed E-state index contributed by atoms with van der Waals surface area (Å²) in [5.41, 5.74) is 4.52. The first kappa shape index (κ1) is 17.6. The fourth-order valence-corrected chi connectivity index (χ4v) is 4.63. The maximum Gasteiger partial charge on any atom is 0.341 e. The molecule has 148 valence electrons. The van der Waals surface area contributed by atoms with Gasteiger partial charge in [-0.25, -0.2) is 14.2 Å². The Morgan fingerprint density at radius 1 is 1.43 bits per heavy atom. The summed E-state index contributed by atoms with van der Waals surface area (Å²) >= 11 is 0. The monoisotopic (exact) mass is 388 g/mol. The number of carboxylic acids is 1. The molecule has 8 nitrogen and oxygen atoms in total. The third-order valence-electron chi connectivity index (χ3n) is 6.31. The van der Waals surface area contributed by atoms with Gasteiger partial charge in [-0.1, -0.05) is 0 Å². The van der Waals surface area contributed by atoms with E-state index in [-0.39, 0.29) is 34.2 Å². The molecule has 5 rings (SSSR count). The zero-order valence-corrected chi connectivity index (χ0v) is 15.2. The van der Waals surface area contributed by atoms with Gasteiger partial charge in [-0.05, 0) is 19.3 Å². The van der Waals surface area contributed by atoms with Crippen molar-refractivity contribution in [3.63, 3.8) is 0 Å². The number of ether oxygens (including phenoxy) is 1. The maximum atomic E-state index is 15.6. The van der Waals surface area contributed by atoms with Crippen LogP contribution in [-0.2, 0) is 4.74 Å². The normalized spacial score (nSPS) is 26.8. The van der Waals surface area contributed by atoms with Gasteiger partial charge in [-0.3, -0.25) is 4.79 Å². The average molecular weight is 388 g/mol. The van der Waals surface area contributed by atoms with Gasteiger partial charge in [0, 0.05) is 44.0 Å². The number of aromatic nitrogens is 2. The number of halogens is 1. The number of nitrogens with zero attached hydrogens (tertiary/aromatic N) is 3. The highest BCUT2D eigenvalue weighted by Gasteiger charge is 2.51. The summed E-state index contributed by atoms with van der Waals surface area (Å²) in [5.74, 6) is -1.53. The molecule has 9 heteroatoms. The van der Waals surface area contributed by atoms with E-state index in [1.54, 1.807) is 4.57 Å². The number of carbonyl (C=O) groups is 1. The second-order valence-electron chi connectivity index (χ2n) is 7.96. The highest BCUT2D eigenvalue weighted by molar-refractivity contribution is 5.93. The number of aromatic carboxylic acids is 1. The van der Waals surface area contributed by atoms with Crippen LogP contribution in [0.2, 0.25) is 0 Å². The lowest BCUT2D eigenvalue weighted by molar-refractivity contribution is 0.0126. The van der Waals surface area contributed by atoms with Crippen LogP contribution in [0.3, 0.4) is 0 Å². The van der Waals surface area contributed by atoms with Crippen molar-refractivity contribution in [1.82, 2.24) is 9.55 Å². The molecule has 0 amide bonds. The second-order valence-corrected chi connectivity index (χ2v) is 7.96. The van der Waals surface area contributed by atoms with Gasteiger partial charge in [0.25, 0.3) is 0 Å². The average Bonchev–Trinajstić information content (AvgIpc) is 3.34. The van der Waals surface area contributed by atoms with E-state index in [0.717, 1.165) is 19.3 Å². The number of pyridine rings is 2. The fraction of sp³-hybridized carbons (Fsp3) is 0.526. The largest absolute Gasteiger partial charge is 0.477 e. The van der Waals surface area contributed by atoms with Crippen LogP contribution in [0.15, 0.2) is 17.2 Å². The molecule has 3 fully saturated rings. The molecule has 2 unspecified atom stereocenters. The summed E-state index contributed by atoms with van der Waals surface area (Å²) in [6.07, 6.45) is 5.08. The van der Waals surface area contributed by atoms with Crippen LogP contribution in [0.5, 0.6) is 0 Å². The molecule has 1 saturated carbocycles. The van der Waals surface area contributed by atoms with Gasteiger partial charge in [-0.2, -0.15) is 0 Å². The highest BCUT2D eigenvalue weighted by Crippen LogP contribution is 2.42. The molecule has 0 spiro atoms. The second kappa shape index (κ2) is 5.99. The Morgan fingerprint density at radius 2 is 2.21 bits per heavy atom. The van der Waals surface area contributed by atoms with Crippen LogP contribution in [0.25, 0.3) is 10.9 Å². The molecule has 2 aliphatic heterocycles. The molecular weight excluding hydrogens is 367 g/mol. The molecule has 28 heavy (non-hydrogen) atoms. The Labute approximate surface area is 159 Å². The first-order valence-corrected chi connectivity index (χ1v) is 9.51. The molecule has 0 bridgehead atoms. The van der Waals surface area contributed by atoms with E-state index in [1.807, 2.05) is 4.90 Å². The van der Waals surface area contributed by atoms with Gasteiger partial charge >= 0.3 is 5.97 Å². The number of fused-ring (bicyclic) bond motifs is 2. The number of anilines is 1. The Balaban J connectivity index is 1.66. The van der Waals surface area contributed by atoms with E-state index in [2.05, 4.69) is 4.98 Å². The van der Waals surface area contributed by atoms with Crippen molar-refractivity contribution in [3.05, 3.63) is 34.0 Å². The van der Waals surface area contributed by atoms with Crippen molar-refractivity contribution in [1.29, 1.82) is 0 Å². The molecule has 0 radical (unpaired) electrons. The van der Waals surface area contributed by atoms with Crippen molar-refractivity contribution in [3.8, 4) is 0 Å². The van der Waals surface area contributed by atoms with Gasteiger partial charge in [0.15, 0.2) is 11.6 Å². The fourth-order valence-electron chi connectivity index (χ4n) is 4.63. The van der Waals surface area contributed by atoms with Gasteiger partial charge < -0.3 is 25.0 Å². The number of carboxylic acid groups (broad SMARTS) is 1. The SMILES string of the molecule is NCC12CN(c3ncc4c(=O)c(C(=O)O)cn(C5CC5)c4c3F)CC1CCO2. The molecule has 2 aromatic rings. The molecule has 2 aromatic heterocycles. The summed E-state index contributed by atoms with van der Waals surface area (Å²) in [7, 11) is 0. The number of hydrogen-bond acceptors (Lipinski definition) is 6. The number of rotatable bonds is 4. The molecule has 1 aliphatic carbocycles. The van der Waals surface area contributed by atoms with Gasteiger partial charge in [-0.15, -0.1) is 0 Å². The minimum absolute atomic E-state index is 0.00243. The Hall–Kier alpha value is -2.52. The summed E-state index contributed by atoms with van der Waals surface area (Å²) in [6.45, 7) is 2.05. The molecule has 3 N–H and O–H groups in total. The minimum Gasteiger partial charge on any atom is -0.477 e. The van der Waals surface area contributed by atoms with Gasteiger partial charge in [0.1, 0.15) is 11.2 Å². The third kappa shape index (κ3) is 2.39. The summed E-state index contributed by atoms with van der Waals surface area (Å²) in [4.78, 5) is 30.0. The topological polar surface area (TPSA) is 111 Å². The lowest BCUT2D eigenvalue weighted by Gasteiger charge is -2.26. The maximum absolute atomic E-state index is 15.6.